The van der Waals surface area contributed by atoms with Gasteiger partial charge in [0, 0.05) is 6.54 Å². The lowest BCUT2D eigenvalue weighted by atomic mass is 10.0. The number of hydrogen-bond donors (Lipinski definition) is 3. The minimum Gasteiger partial charge on any atom is -0.454 e. The van der Waals surface area contributed by atoms with Gasteiger partial charge in [0.2, 0.25) is 18.6 Å². The third-order valence-electron chi connectivity index (χ3n) is 4.92. The van der Waals surface area contributed by atoms with Crippen LogP contribution in [-0.2, 0) is 22.6 Å². The number of carbonyl (C=O) groups is 2. The van der Waals surface area contributed by atoms with Crippen molar-refractivity contribution in [2.45, 2.75) is 19.0 Å². The minimum atomic E-state index is -1.02. The SMILES string of the molecule is O=C(Cc1ccc2ccccc2c1)N[C@@H](CO)C(=O)NCc1ccc2c(c1)OCO2. The molecule has 3 aromatic rings. The number of aliphatic hydroxyl groups excluding tert-OH is 1. The van der Waals surface area contributed by atoms with Crippen LogP contribution in [0.25, 0.3) is 10.8 Å². The Balaban J connectivity index is 1.32. The normalized spacial score (nSPS) is 13.1. The summed E-state index contributed by atoms with van der Waals surface area (Å²) >= 11 is 0. The van der Waals surface area contributed by atoms with E-state index in [0.29, 0.717) is 11.5 Å². The van der Waals surface area contributed by atoms with E-state index in [2.05, 4.69) is 10.6 Å². The first kappa shape index (κ1) is 19.7. The third-order valence-corrected chi connectivity index (χ3v) is 4.92. The van der Waals surface area contributed by atoms with Gasteiger partial charge in [-0.3, -0.25) is 9.59 Å². The molecule has 30 heavy (non-hydrogen) atoms. The van der Waals surface area contributed by atoms with Crippen LogP contribution in [0.5, 0.6) is 11.5 Å². The fraction of sp³-hybridized carbons (Fsp3) is 0.217. The molecule has 1 heterocycles. The number of benzene rings is 3. The first-order valence-corrected chi connectivity index (χ1v) is 9.66. The Morgan fingerprint density at radius 1 is 0.933 bits per heavy atom. The van der Waals surface area contributed by atoms with Crippen LogP contribution in [0.1, 0.15) is 11.1 Å². The van der Waals surface area contributed by atoms with Gasteiger partial charge in [-0.2, -0.15) is 0 Å². The van der Waals surface area contributed by atoms with Gasteiger partial charge in [0.05, 0.1) is 13.0 Å². The monoisotopic (exact) mass is 406 g/mol. The summed E-state index contributed by atoms with van der Waals surface area (Å²) in [6.45, 7) is -0.0656. The molecule has 7 nitrogen and oxygen atoms in total. The van der Waals surface area contributed by atoms with Crippen LogP contribution >= 0.6 is 0 Å². The third kappa shape index (κ3) is 4.52. The standard InChI is InChI=1S/C23H22N2O5/c26-13-19(23(28)24-12-16-6-8-20-21(10-16)30-14-29-20)25-22(27)11-15-5-7-17-3-1-2-4-18(17)9-15/h1-10,19,26H,11-14H2,(H,24,28)(H,25,27)/t19-/m0/s1. The molecule has 0 radical (unpaired) electrons. The minimum absolute atomic E-state index is 0.122. The lowest BCUT2D eigenvalue weighted by molar-refractivity contribution is -0.129. The quantitative estimate of drug-likeness (QED) is 0.557. The van der Waals surface area contributed by atoms with Gasteiger partial charge in [0.15, 0.2) is 11.5 Å². The molecular weight excluding hydrogens is 384 g/mol. The van der Waals surface area contributed by atoms with E-state index in [1.807, 2.05) is 48.5 Å². The van der Waals surface area contributed by atoms with Gasteiger partial charge in [0.1, 0.15) is 6.04 Å². The first-order valence-electron chi connectivity index (χ1n) is 9.66. The van der Waals surface area contributed by atoms with Gasteiger partial charge < -0.3 is 25.2 Å². The molecule has 3 aromatic carbocycles. The van der Waals surface area contributed by atoms with Gasteiger partial charge in [-0.15, -0.1) is 0 Å². The molecule has 0 fully saturated rings. The van der Waals surface area contributed by atoms with E-state index in [1.54, 1.807) is 12.1 Å². The molecule has 1 aliphatic rings. The van der Waals surface area contributed by atoms with E-state index in [-0.39, 0.29) is 25.7 Å². The van der Waals surface area contributed by atoms with Crippen molar-refractivity contribution in [2.24, 2.45) is 0 Å². The number of aliphatic hydroxyl groups is 1. The predicted molar refractivity (Wildman–Crippen MR) is 111 cm³/mol. The molecule has 0 aromatic heterocycles. The molecule has 1 atom stereocenters. The van der Waals surface area contributed by atoms with Crippen LogP contribution in [0.3, 0.4) is 0 Å². The Morgan fingerprint density at radius 2 is 1.70 bits per heavy atom. The maximum Gasteiger partial charge on any atom is 0.245 e. The molecule has 0 spiro atoms. The van der Waals surface area contributed by atoms with Gasteiger partial charge in [-0.25, -0.2) is 0 Å². The number of fused-ring (bicyclic) bond motifs is 2. The van der Waals surface area contributed by atoms with E-state index >= 15 is 0 Å². The van der Waals surface area contributed by atoms with Crippen molar-refractivity contribution in [3.05, 3.63) is 71.8 Å². The lowest BCUT2D eigenvalue weighted by Crippen LogP contribution is -2.49. The zero-order valence-corrected chi connectivity index (χ0v) is 16.3. The second kappa shape index (κ2) is 8.84. The highest BCUT2D eigenvalue weighted by atomic mass is 16.7. The molecule has 7 heteroatoms. The Hall–Kier alpha value is -3.58. The van der Waals surface area contributed by atoms with Gasteiger partial charge >= 0.3 is 0 Å². The van der Waals surface area contributed by atoms with Crippen LogP contribution < -0.4 is 20.1 Å². The summed E-state index contributed by atoms with van der Waals surface area (Å²) in [4.78, 5) is 24.8. The molecule has 0 saturated heterocycles. The molecule has 4 rings (SSSR count). The van der Waals surface area contributed by atoms with Gasteiger partial charge in [-0.05, 0) is 34.0 Å². The highest BCUT2D eigenvalue weighted by molar-refractivity contribution is 5.89. The Morgan fingerprint density at radius 3 is 2.53 bits per heavy atom. The lowest BCUT2D eigenvalue weighted by Gasteiger charge is -2.16. The van der Waals surface area contributed by atoms with Crippen LogP contribution in [0.2, 0.25) is 0 Å². The first-order chi connectivity index (χ1) is 14.6. The highest BCUT2D eigenvalue weighted by Crippen LogP contribution is 2.32. The smallest absolute Gasteiger partial charge is 0.245 e. The van der Waals surface area contributed by atoms with E-state index in [1.165, 1.54) is 0 Å². The topological polar surface area (TPSA) is 96.9 Å². The fourth-order valence-electron chi connectivity index (χ4n) is 3.34. The average molecular weight is 406 g/mol. The number of ether oxygens (including phenoxy) is 2. The second-order valence-electron chi connectivity index (χ2n) is 7.07. The summed E-state index contributed by atoms with van der Waals surface area (Å²) in [5, 5.41) is 17.0. The van der Waals surface area contributed by atoms with Crippen LogP contribution in [-0.4, -0.2) is 36.4 Å². The second-order valence-corrected chi connectivity index (χ2v) is 7.07. The Labute approximate surface area is 173 Å². The number of carbonyl (C=O) groups excluding carboxylic acids is 2. The number of hydrogen-bond acceptors (Lipinski definition) is 5. The summed E-state index contributed by atoms with van der Waals surface area (Å²) in [5.74, 6) is 0.507. The van der Waals surface area contributed by atoms with Crippen molar-refractivity contribution < 1.29 is 24.2 Å². The summed E-state index contributed by atoms with van der Waals surface area (Å²) in [5.41, 5.74) is 1.66. The summed E-state index contributed by atoms with van der Waals surface area (Å²) < 4.78 is 10.6. The highest BCUT2D eigenvalue weighted by Gasteiger charge is 2.20. The molecule has 1 aliphatic heterocycles. The van der Waals surface area contributed by atoms with E-state index in [9.17, 15) is 14.7 Å². The van der Waals surface area contributed by atoms with Crippen molar-refractivity contribution >= 4 is 22.6 Å². The molecule has 3 N–H and O–H groups in total. The van der Waals surface area contributed by atoms with E-state index in [0.717, 1.165) is 21.9 Å². The summed E-state index contributed by atoms with van der Waals surface area (Å²) in [6, 6.07) is 18.0. The Kier molecular flexibility index (Phi) is 5.81. The summed E-state index contributed by atoms with van der Waals surface area (Å²) in [6.07, 6.45) is 0.122. The molecular formula is C23H22N2O5. The van der Waals surface area contributed by atoms with Gasteiger partial charge in [0.25, 0.3) is 0 Å². The molecule has 154 valence electrons. The number of amides is 2. The molecule has 0 saturated carbocycles. The zero-order valence-electron chi connectivity index (χ0n) is 16.3. The van der Waals surface area contributed by atoms with Crippen LogP contribution in [0, 0.1) is 0 Å². The molecule has 0 aliphatic carbocycles. The maximum atomic E-state index is 12.4. The maximum absolute atomic E-state index is 12.4. The Bertz CT molecular complexity index is 1080. The largest absolute Gasteiger partial charge is 0.454 e. The van der Waals surface area contributed by atoms with Crippen LogP contribution in [0.4, 0.5) is 0 Å². The molecule has 0 bridgehead atoms. The van der Waals surface area contributed by atoms with Crippen molar-refractivity contribution in [3.63, 3.8) is 0 Å². The van der Waals surface area contributed by atoms with Crippen LogP contribution in [0.15, 0.2) is 60.7 Å². The predicted octanol–water partition coefficient (Wildman–Crippen LogP) is 1.90. The zero-order chi connectivity index (χ0) is 20.9. The number of nitrogens with one attached hydrogen (secondary N) is 2. The summed E-state index contributed by atoms with van der Waals surface area (Å²) in [7, 11) is 0. The van der Waals surface area contributed by atoms with Crippen molar-refractivity contribution in [1.82, 2.24) is 10.6 Å². The fourth-order valence-corrected chi connectivity index (χ4v) is 3.34. The van der Waals surface area contributed by atoms with Gasteiger partial charge in [-0.1, -0.05) is 48.5 Å². The van der Waals surface area contributed by atoms with E-state index in [4.69, 9.17) is 9.47 Å². The van der Waals surface area contributed by atoms with Crippen molar-refractivity contribution in [3.8, 4) is 11.5 Å². The number of rotatable bonds is 7. The average Bonchev–Trinajstić information content (AvgIpc) is 3.23. The molecule has 2 amide bonds. The van der Waals surface area contributed by atoms with Crippen molar-refractivity contribution in [2.75, 3.05) is 13.4 Å². The molecule has 0 unspecified atom stereocenters. The van der Waals surface area contributed by atoms with E-state index < -0.39 is 18.6 Å². The van der Waals surface area contributed by atoms with Crippen molar-refractivity contribution in [1.29, 1.82) is 0 Å².